The Kier molecular flexibility index (Phi) is 6.02. The lowest BCUT2D eigenvalue weighted by atomic mass is 9.75. The summed E-state index contributed by atoms with van der Waals surface area (Å²) in [6, 6.07) is 9.48. The van der Waals surface area contributed by atoms with E-state index in [2.05, 4.69) is 36.5 Å². The fraction of sp³-hybridized carbons (Fsp3) is 0.647. The van der Waals surface area contributed by atoms with Gasteiger partial charge in [-0.25, -0.2) is 0 Å². The van der Waals surface area contributed by atoms with Crippen molar-refractivity contribution in [3.8, 4) is 0 Å². The Labute approximate surface area is 122 Å². The highest BCUT2D eigenvalue weighted by Gasteiger charge is 2.30. The minimum Gasteiger partial charge on any atom is -0.352 e. The molecule has 1 fully saturated rings. The highest BCUT2D eigenvalue weighted by molar-refractivity contribution is 5.27. The third kappa shape index (κ3) is 4.30. The number of hydrogen-bond acceptors (Lipinski definition) is 3. The molecule has 3 nitrogen and oxygen atoms in total. The number of rotatable bonds is 8. The maximum Gasteiger partial charge on any atom is 0.169 e. The number of benzene rings is 1. The van der Waals surface area contributed by atoms with Gasteiger partial charge in [0.15, 0.2) is 6.29 Å². The summed E-state index contributed by atoms with van der Waals surface area (Å²) in [5.74, 6) is 0.713. The first-order chi connectivity index (χ1) is 9.72. The second-order valence-electron chi connectivity index (χ2n) is 5.53. The van der Waals surface area contributed by atoms with Gasteiger partial charge in [0.05, 0.1) is 0 Å². The summed E-state index contributed by atoms with van der Waals surface area (Å²) < 4.78 is 11.1. The number of nitrogens with one attached hydrogen (secondary N) is 1. The summed E-state index contributed by atoms with van der Waals surface area (Å²) in [6.45, 7) is 8.34. The van der Waals surface area contributed by atoms with Gasteiger partial charge in [-0.2, -0.15) is 0 Å². The zero-order valence-corrected chi connectivity index (χ0v) is 12.9. The van der Waals surface area contributed by atoms with Gasteiger partial charge in [-0.05, 0) is 45.1 Å². The fourth-order valence-electron chi connectivity index (χ4n) is 2.78. The maximum absolute atomic E-state index is 5.54. The molecule has 1 N–H and O–H groups in total. The third-order valence-corrected chi connectivity index (χ3v) is 3.93. The summed E-state index contributed by atoms with van der Waals surface area (Å²) in [6.07, 6.45) is 2.33. The standard InChI is InChI=1S/C17H27NO2/c1-4-19-17(20-5-2)12-18-16-10-15(11-16)14-8-6-7-13(3)9-14/h6-9,15-18H,4-5,10-12H2,1-3H3. The summed E-state index contributed by atoms with van der Waals surface area (Å²) in [5.41, 5.74) is 2.83. The van der Waals surface area contributed by atoms with E-state index in [1.54, 1.807) is 0 Å². The Bertz CT molecular complexity index is 396. The first-order valence-corrected chi connectivity index (χ1v) is 7.76. The topological polar surface area (TPSA) is 30.5 Å². The van der Waals surface area contributed by atoms with Crippen LogP contribution in [-0.2, 0) is 9.47 Å². The highest BCUT2D eigenvalue weighted by atomic mass is 16.7. The quantitative estimate of drug-likeness (QED) is 0.740. The summed E-state index contributed by atoms with van der Waals surface area (Å²) in [5, 5.41) is 3.55. The van der Waals surface area contributed by atoms with Crippen LogP contribution in [0.4, 0.5) is 0 Å². The van der Waals surface area contributed by atoms with E-state index in [9.17, 15) is 0 Å². The third-order valence-electron chi connectivity index (χ3n) is 3.93. The second kappa shape index (κ2) is 7.77. The molecular weight excluding hydrogens is 250 g/mol. The van der Waals surface area contributed by atoms with E-state index < -0.39 is 0 Å². The van der Waals surface area contributed by atoms with Crippen molar-refractivity contribution >= 4 is 0 Å². The van der Waals surface area contributed by atoms with Gasteiger partial charge in [-0.1, -0.05) is 29.8 Å². The predicted molar refractivity (Wildman–Crippen MR) is 82.0 cm³/mol. The summed E-state index contributed by atoms with van der Waals surface area (Å²) in [7, 11) is 0. The Morgan fingerprint density at radius 1 is 1.20 bits per heavy atom. The molecule has 0 atom stereocenters. The lowest BCUT2D eigenvalue weighted by Crippen LogP contribution is -2.44. The van der Waals surface area contributed by atoms with Crippen LogP contribution in [0.3, 0.4) is 0 Å². The molecule has 0 aliphatic heterocycles. The summed E-state index contributed by atoms with van der Waals surface area (Å²) in [4.78, 5) is 0. The van der Waals surface area contributed by atoms with Gasteiger partial charge in [0.25, 0.3) is 0 Å². The van der Waals surface area contributed by atoms with Crippen molar-refractivity contribution in [2.75, 3.05) is 19.8 Å². The average molecular weight is 277 g/mol. The Morgan fingerprint density at radius 3 is 2.50 bits per heavy atom. The van der Waals surface area contributed by atoms with Crippen molar-refractivity contribution in [1.29, 1.82) is 0 Å². The molecular formula is C17H27NO2. The van der Waals surface area contributed by atoms with Gasteiger partial charge >= 0.3 is 0 Å². The lowest BCUT2D eigenvalue weighted by Gasteiger charge is -2.37. The van der Waals surface area contributed by atoms with Crippen LogP contribution in [0.2, 0.25) is 0 Å². The molecule has 1 saturated carbocycles. The zero-order valence-electron chi connectivity index (χ0n) is 12.9. The van der Waals surface area contributed by atoms with E-state index in [-0.39, 0.29) is 6.29 Å². The Balaban J connectivity index is 1.71. The molecule has 0 heterocycles. The van der Waals surface area contributed by atoms with Crippen molar-refractivity contribution in [2.45, 2.75) is 51.9 Å². The molecule has 0 amide bonds. The largest absolute Gasteiger partial charge is 0.352 e. The molecule has 2 rings (SSSR count). The van der Waals surface area contributed by atoms with Crippen molar-refractivity contribution in [1.82, 2.24) is 5.32 Å². The van der Waals surface area contributed by atoms with Crippen LogP contribution in [-0.4, -0.2) is 32.1 Å². The van der Waals surface area contributed by atoms with Crippen LogP contribution in [0.5, 0.6) is 0 Å². The van der Waals surface area contributed by atoms with Gasteiger partial charge in [-0.15, -0.1) is 0 Å². The number of aryl methyl sites for hydroxylation is 1. The van der Waals surface area contributed by atoms with Crippen LogP contribution >= 0.6 is 0 Å². The minimum atomic E-state index is -0.108. The second-order valence-corrected chi connectivity index (χ2v) is 5.53. The van der Waals surface area contributed by atoms with Crippen LogP contribution in [0.25, 0.3) is 0 Å². The van der Waals surface area contributed by atoms with Gasteiger partial charge < -0.3 is 14.8 Å². The molecule has 20 heavy (non-hydrogen) atoms. The summed E-state index contributed by atoms with van der Waals surface area (Å²) >= 11 is 0. The van der Waals surface area contributed by atoms with Crippen molar-refractivity contribution in [3.05, 3.63) is 35.4 Å². The van der Waals surface area contributed by atoms with Crippen molar-refractivity contribution in [3.63, 3.8) is 0 Å². The van der Waals surface area contributed by atoms with E-state index >= 15 is 0 Å². The normalized spacial score (nSPS) is 22.0. The monoisotopic (exact) mass is 277 g/mol. The van der Waals surface area contributed by atoms with Gasteiger partial charge in [0, 0.05) is 25.8 Å². The van der Waals surface area contributed by atoms with E-state index in [1.165, 1.54) is 24.0 Å². The van der Waals surface area contributed by atoms with E-state index in [4.69, 9.17) is 9.47 Å². The van der Waals surface area contributed by atoms with E-state index in [0.29, 0.717) is 25.2 Å². The molecule has 0 saturated heterocycles. The zero-order chi connectivity index (χ0) is 14.4. The highest BCUT2D eigenvalue weighted by Crippen LogP contribution is 2.37. The van der Waals surface area contributed by atoms with Gasteiger partial charge in [0.1, 0.15) is 0 Å². The van der Waals surface area contributed by atoms with Crippen LogP contribution in [0.15, 0.2) is 24.3 Å². The first kappa shape index (κ1) is 15.5. The smallest absolute Gasteiger partial charge is 0.169 e. The van der Waals surface area contributed by atoms with Crippen molar-refractivity contribution in [2.24, 2.45) is 0 Å². The first-order valence-electron chi connectivity index (χ1n) is 7.76. The molecule has 0 bridgehead atoms. The Morgan fingerprint density at radius 2 is 1.90 bits per heavy atom. The van der Waals surface area contributed by atoms with Crippen molar-refractivity contribution < 1.29 is 9.47 Å². The number of hydrogen-bond donors (Lipinski definition) is 1. The number of ether oxygens (including phenoxy) is 2. The van der Waals surface area contributed by atoms with Crippen LogP contribution in [0, 0.1) is 6.92 Å². The molecule has 1 aliphatic carbocycles. The molecule has 0 aromatic heterocycles. The maximum atomic E-state index is 5.54. The molecule has 0 radical (unpaired) electrons. The molecule has 1 aromatic carbocycles. The lowest BCUT2D eigenvalue weighted by molar-refractivity contribution is -0.134. The SMILES string of the molecule is CCOC(CNC1CC(c2cccc(C)c2)C1)OCC. The molecule has 1 aromatic rings. The molecule has 112 valence electrons. The van der Waals surface area contributed by atoms with Crippen LogP contribution in [0.1, 0.15) is 43.7 Å². The van der Waals surface area contributed by atoms with E-state index in [0.717, 1.165) is 6.54 Å². The minimum absolute atomic E-state index is 0.108. The van der Waals surface area contributed by atoms with Gasteiger partial charge in [0.2, 0.25) is 0 Å². The van der Waals surface area contributed by atoms with E-state index in [1.807, 2.05) is 13.8 Å². The Hall–Kier alpha value is -0.900. The molecule has 1 aliphatic rings. The van der Waals surface area contributed by atoms with Gasteiger partial charge in [-0.3, -0.25) is 0 Å². The molecule has 3 heteroatoms. The molecule has 0 spiro atoms. The van der Waals surface area contributed by atoms with Crippen LogP contribution < -0.4 is 5.32 Å². The average Bonchev–Trinajstić information content (AvgIpc) is 2.37. The molecule has 0 unspecified atom stereocenters. The predicted octanol–water partition coefficient (Wildman–Crippen LogP) is 3.23. The fourth-order valence-corrected chi connectivity index (χ4v) is 2.78.